The lowest BCUT2D eigenvalue weighted by Gasteiger charge is -2.25. The molecule has 0 radical (unpaired) electrons. The summed E-state index contributed by atoms with van der Waals surface area (Å²) >= 11 is 1.53. The van der Waals surface area contributed by atoms with Gasteiger partial charge in [0.1, 0.15) is 0 Å². The Labute approximate surface area is 191 Å². The van der Waals surface area contributed by atoms with Crippen molar-refractivity contribution in [1.82, 2.24) is 4.41 Å². The van der Waals surface area contributed by atoms with Gasteiger partial charge in [-0.25, -0.2) is 0 Å². The molecule has 2 heterocycles. The summed E-state index contributed by atoms with van der Waals surface area (Å²) < 4.78 is 44.8. The highest BCUT2D eigenvalue weighted by molar-refractivity contribution is 7.89. The van der Waals surface area contributed by atoms with Gasteiger partial charge >= 0.3 is 0 Å². The maximum Gasteiger partial charge on any atom is 0.279 e. The van der Waals surface area contributed by atoms with Crippen molar-refractivity contribution in [2.45, 2.75) is 24.3 Å². The van der Waals surface area contributed by atoms with Crippen molar-refractivity contribution in [3.8, 4) is 17.2 Å². The number of rotatable bonds is 7. The van der Waals surface area contributed by atoms with Gasteiger partial charge in [-0.2, -0.15) is 17.9 Å². The Balaban J connectivity index is 1.84. The number of nitrogens with zero attached hydrogens (tertiary/aromatic N) is 2. The summed E-state index contributed by atoms with van der Waals surface area (Å²) in [4.78, 5) is 1.13. The van der Waals surface area contributed by atoms with Crippen molar-refractivity contribution in [2.24, 2.45) is 5.10 Å². The first-order valence-corrected chi connectivity index (χ1v) is 12.2. The molecule has 0 saturated carbocycles. The maximum absolute atomic E-state index is 13.6. The van der Waals surface area contributed by atoms with Crippen molar-refractivity contribution < 1.29 is 22.6 Å². The van der Waals surface area contributed by atoms with Crippen LogP contribution in [-0.2, 0) is 10.0 Å². The number of hydrogen-bond acceptors (Lipinski definition) is 7. The SMILES string of the molecule is COc1cc(C2CC(c3cccs3)=NN2S(=O)(=O)c2ccc(C)cc2)cc(OC)c1OC. The van der Waals surface area contributed by atoms with Gasteiger partial charge in [0.25, 0.3) is 10.0 Å². The van der Waals surface area contributed by atoms with Crippen LogP contribution < -0.4 is 14.2 Å². The second-order valence-corrected chi connectivity index (χ2v) is 10.0. The van der Waals surface area contributed by atoms with Crippen molar-refractivity contribution >= 4 is 27.1 Å². The van der Waals surface area contributed by atoms with E-state index in [-0.39, 0.29) is 4.90 Å². The number of thiophene rings is 1. The minimum atomic E-state index is -3.89. The fourth-order valence-corrected chi connectivity index (χ4v) is 5.82. The standard InChI is InChI=1S/C23H24N2O5S2/c1-15-7-9-17(10-8-15)32(26,27)25-19(14-18(24-25)22-6-5-11-31-22)16-12-20(28-2)23(30-4)21(13-16)29-3/h5-13,19H,14H2,1-4H3. The van der Waals surface area contributed by atoms with E-state index in [9.17, 15) is 8.42 Å². The highest BCUT2D eigenvalue weighted by Crippen LogP contribution is 2.44. The number of aryl methyl sites for hydroxylation is 1. The fourth-order valence-electron chi connectivity index (χ4n) is 3.66. The van der Waals surface area contributed by atoms with Gasteiger partial charge in [0.05, 0.1) is 42.9 Å². The Morgan fingerprint density at radius 2 is 1.66 bits per heavy atom. The van der Waals surface area contributed by atoms with Gasteiger partial charge in [-0.3, -0.25) is 0 Å². The van der Waals surface area contributed by atoms with E-state index in [1.54, 1.807) is 36.4 Å². The molecule has 7 nitrogen and oxygen atoms in total. The quantitative estimate of drug-likeness (QED) is 0.501. The largest absolute Gasteiger partial charge is 0.493 e. The second-order valence-electron chi connectivity index (χ2n) is 7.29. The summed E-state index contributed by atoms with van der Waals surface area (Å²) in [5.74, 6) is 1.36. The minimum Gasteiger partial charge on any atom is -0.493 e. The molecule has 0 amide bonds. The molecule has 0 saturated heterocycles. The topological polar surface area (TPSA) is 77.4 Å². The number of sulfonamides is 1. The highest BCUT2D eigenvalue weighted by Gasteiger charge is 2.38. The van der Waals surface area contributed by atoms with Crippen molar-refractivity contribution in [3.05, 3.63) is 69.9 Å². The van der Waals surface area contributed by atoms with E-state index in [0.717, 1.165) is 16.2 Å². The first-order valence-electron chi connectivity index (χ1n) is 9.91. The van der Waals surface area contributed by atoms with Gasteiger partial charge in [0.15, 0.2) is 11.5 Å². The first kappa shape index (κ1) is 22.2. The van der Waals surface area contributed by atoms with Crippen LogP contribution in [0.25, 0.3) is 0 Å². The van der Waals surface area contributed by atoms with Crippen molar-refractivity contribution in [2.75, 3.05) is 21.3 Å². The zero-order valence-electron chi connectivity index (χ0n) is 18.2. The van der Waals surface area contributed by atoms with Crippen LogP contribution in [0.3, 0.4) is 0 Å². The maximum atomic E-state index is 13.6. The zero-order chi connectivity index (χ0) is 22.9. The van der Waals surface area contributed by atoms with Gasteiger partial charge in [0.2, 0.25) is 5.75 Å². The molecule has 0 spiro atoms. The molecule has 9 heteroatoms. The summed E-state index contributed by atoms with van der Waals surface area (Å²) in [6.45, 7) is 1.91. The number of methoxy groups -OCH3 is 3. The van der Waals surface area contributed by atoms with Crippen LogP contribution in [0.4, 0.5) is 0 Å². The zero-order valence-corrected chi connectivity index (χ0v) is 19.9. The summed E-state index contributed by atoms with van der Waals surface area (Å²) in [5, 5.41) is 6.52. The van der Waals surface area contributed by atoms with Crippen molar-refractivity contribution in [3.63, 3.8) is 0 Å². The molecular weight excluding hydrogens is 448 g/mol. The number of hydrazone groups is 1. The first-order chi connectivity index (χ1) is 15.4. The van der Waals surface area contributed by atoms with Crippen molar-refractivity contribution in [1.29, 1.82) is 0 Å². The average Bonchev–Trinajstić information content (AvgIpc) is 3.48. The van der Waals surface area contributed by atoms with Gasteiger partial charge in [-0.05, 0) is 48.2 Å². The van der Waals surface area contributed by atoms with Crippen LogP contribution in [-0.4, -0.2) is 39.9 Å². The van der Waals surface area contributed by atoms with Crippen LogP contribution in [0.5, 0.6) is 17.2 Å². The van der Waals surface area contributed by atoms with E-state index in [1.807, 2.05) is 24.4 Å². The third-order valence-corrected chi connectivity index (χ3v) is 7.93. The molecule has 0 bridgehead atoms. The lowest BCUT2D eigenvalue weighted by atomic mass is 10.0. The van der Waals surface area contributed by atoms with E-state index in [0.29, 0.717) is 29.2 Å². The van der Waals surface area contributed by atoms with E-state index >= 15 is 0 Å². The molecule has 1 aromatic heterocycles. The minimum absolute atomic E-state index is 0.191. The van der Waals surface area contributed by atoms with Gasteiger partial charge in [-0.15, -0.1) is 11.3 Å². The highest BCUT2D eigenvalue weighted by atomic mass is 32.2. The molecule has 1 atom stereocenters. The molecule has 1 unspecified atom stereocenters. The smallest absolute Gasteiger partial charge is 0.279 e. The molecule has 0 fully saturated rings. The Kier molecular flexibility index (Phi) is 6.12. The average molecular weight is 473 g/mol. The van der Waals surface area contributed by atoms with Gasteiger partial charge < -0.3 is 14.2 Å². The molecule has 0 N–H and O–H groups in total. The molecular formula is C23H24N2O5S2. The molecule has 4 rings (SSSR count). The van der Waals surface area contributed by atoms with Crippen LogP contribution in [0.2, 0.25) is 0 Å². The normalized spacial score (nSPS) is 16.1. The summed E-state index contributed by atoms with van der Waals surface area (Å²) in [7, 11) is 0.699. The molecule has 0 aliphatic carbocycles. The summed E-state index contributed by atoms with van der Waals surface area (Å²) in [6, 6.07) is 13.6. The predicted octanol–water partition coefficient (Wildman–Crippen LogP) is 4.62. The lowest BCUT2D eigenvalue weighted by Crippen LogP contribution is -2.27. The van der Waals surface area contributed by atoms with E-state index in [2.05, 4.69) is 5.10 Å². The molecule has 3 aromatic rings. The fraction of sp³-hybridized carbons (Fsp3) is 0.261. The molecule has 32 heavy (non-hydrogen) atoms. The van der Waals surface area contributed by atoms with Crippen LogP contribution in [0.15, 0.2) is 63.9 Å². The van der Waals surface area contributed by atoms with Crippen LogP contribution in [0, 0.1) is 6.92 Å². The Bertz CT molecular complexity index is 1210. The van der Waals surface area contributed by atoms with E-state index in [1.165, 1.54) is 37.1 Å². The van der Waals surface area contributed by atoms with E-state index in [4.69, 9.17) is 14.2 Å². The second kappa shape index (κ2) is 8.84. The van der Waals surface area contributed by atoms with Gasteiger partial charge in [-0.1, -0.05) is 23.8 Å². The van der Waals surface area contributed by atoms with E-state index < -0.39 is 16.1 Å². The van der Waals surface area contributed by atoms with Gasteiger partial charge in [0, 0.05) is 6.42 Å². The third-order valence-electron chi connectivity index (χ3n) is 5.32. The van der Waals surface area contributed by atoms with Crippen LogP contribution >= 0.6 is 11.3 Å². The Hall–Kier alpha value is -3.04. The van der Waals surface area contributed by atoms with Crippen LogP contribution in [0.1, 0.15) is 28.5 Å². The number of benzene rings is 2. The molecule has 1 aliphatic heterocycles. The summed E-state index contributed by atoms with van der Waals surface area (Å²) in [5.41, 5.74) is 2.40. The summed E-state index contributed by atoms with van der Waals surface area (Å²) in [6.07, 6.45) is 0.421. The molecule has 2 aromatic carbocycles. The third kappa shape index (κ3) is 3.93. The predicted molar refractivity (Wildman–Crippen MR) is 125 cm³/mol. The Morgan fingerprint density at radius 3 is 2.19 bits per heavy atom. The Morgan fingerprint density at radius 1 is 1.00 bits per heavy atom. The molecule has 168 valence electrons. The number of ether oxygens (including phenoxy) is 3. The monoisotopic (exact) mass is 472 g/mol. The lowest BCUT2D eigenvalue weighted by molar-refractivity contribution is 0.319. The molecule has 1 aliphatic rings. The number of hydrogen-bond donors (Lipinski definition) is 0.